The van der Waals surface area contributed by atoms with Crippen LogP contribution in [0.3, 0.4) is 0 Å². The molecule has 39 heavy (non-hydrogen) atoms. The van der Waals surface area contributed by atoms with E-state index in [1.165, 1.54) is 11.3 Å². The zero-order chi connectivity index (χ0) is 25.9. The summed E-state index contributed by atoms with van der Waals surface area (Å²) in [5.74, 6) is 1.21. The van der Waals surface area contributed by atoms with Gasteiger partial charge < -0.3 is 0 Å². The van der Waals surface area contributed by atoms with E-state index >= 15 is 0 Å². The number of rotatable bonds is 3. The number of fused-ring (bicyclic) bond motifs is 7. The van der Waals surface area contributed by atoms with E-state index in [2.05, 4.69) is 27.6 Å². The van der Waals surface area contributed by atoms with Crippen LogP contribution in [-0.2, 0) is 0 Å². The Kier molecular flexibility index (Phi) is 4.74. The molecule has 0 bridgehead atoms. The van der Waals surface area contributed by atoms with Crippen molar-refractivity contribution in [3.63, 3.8) is 0 Å². The third kappa shape index (κ3) is 3.34. The van der Waals surface area contributed by atoms with E-state index in [1.54, 1.807) is 0 Å². The molecule has 0 aliphatic carbocycles. The first-order chi connectivity index (χ1) is 19.3. The predicted octanol–water partition coefficient (Wildman–Crippen LogP) is 7.13. The van der Waals surface area contributed by atoms with E-state index in [-0.39, 0.29) is 5.56 Å². The first-order valence-electron chi connectivity index (χ1n) is 12.6. The summed E-state index contributed by atoms with van der Waals surface area (Å²) in [6.07, 6.45) is 0. The van der Waals surface area contributed by atoms with Crippen LogP contribution >= 0.6 is 11.3 Å². The molecular formula is C32H19N5OS. The summed E-state index contributed by atoms with van der Waals surface area (Å²) < 4.78 is 5.13. The van der Waals surface area contributed by atoms with E-state index in [9.17, 15) is 4.79 Å². The Morgan fingerprint density at radius 1 is 0.615 bits per heavy atom. The van der Waals surface area contributed by atoms with Crippen molar-refractivity contribution in [1.29, 1.82) is 0 Å². The van der Waals surface area contributed by atoms with Crippen LogP contribution < -0.4 is 5.56 Å². The zero-order valence-corrected chi connectivity index (χ0v) is 21.3. The highest BCUT2D eigenvalue weighted by Gasteiger charge is 2.22. The van der Waals surface area contributed by atoms with Crippen molar-refractivity contribution in [3.8, 4) is 28.5 Å². The fraction of sp³-hybridized carbons (Fsp3) is 0. The van der Waals surface area contributed by atoms with Crippen molar-refractivity contribution in [2.75, 3.05) is 0 Å². The van der Waals surface area contributed by atoms with Crippen molar-refractivity contribution >= 4 is 48.5 Å². The quantitative estimate of drug-likeness (QED) is 0.248. The molecule has 0 saturated carbocycles. The summed E-state index contributed by atoms with van der Waals surface area (Å²) in [7, 11) is 0. The van der Waals surface area contributed by atoms with Crippen molar-refractivity contribution in [2.24, 2.45) is 0 Å². The predicted molar refractivity (Wildman–Crippen MR) is 158 cm³/mol. The van der Waals surface area contributed by atoms with Gasteiger partial charge in [0.15, 0.2) is 10.8 Å². The van der Waals surface area contributed by atoms with Gasteiger partial charge in [-0.1, -0.05) is 102 Å². The Morgan fingerprint density at radius 3 is 2.08 bits per heavy atom. The minimum atomic E-state index is -0.283. The molecule has 7 heteroatoms. The molecule has 0 fully saturated rings. The Bertz CT molecular complexity index is 2190. The van der Waals surface area contributed by atoms with Crippen LogP contribution in [0.25, 0.3) is 65.6 Å². The van der Waals surface area contributed by atoms with E-state index in [1.807, 2.05) is 102 Å². The fourth-order valence-corrected chi connectivity index (χ4v) is 6.33. The average molecular weight is 522 g/mol. The smallest absolute Gasteiger partial charge is 0.287 e. The van der Waals surface area contributed by atoms with Gasteiger partial charge in [-0.05, 0) is 18.2 Å². The number of hydrogen-bond donors (Lipinski definition) is 0. The van der Waals surface area contributed by atoms with Gasteiger partial charge in [0.05, 0.1) is 26.9 Å². The first-order valence-corrected chi connectivity index (χ1v) is 13.4. The minimum Gasteiger partial charge on any atom is -0.287 e. The van der Waals surface area contributed by atoms with Crippen molar-refractivity contribution in [1.82, 2.24) is 23.9 Å². The monoisotopic (exact) mass is 521 g/mol. The van der Waals surface area contributed by atoms with E-state index in [0.29, 0.717) is 22.1 Å². The highest BCUT2D eigenvalue weighted by molar-refractivity contribution is 7.23. The van der Waals surface area contributed by atoms with Gasteiger partial charge in [-0.25, -0.2) is 9.97 Å². The number of para-hydroxylation sites is 2. The number of benzene rings is 4. The second-order valence-electron chi connectivity index (χ2n) is 9.32. The van der Waals surface area contributed by atoms with E-state index in [4.69, 9.17) is 9.97 Å². The highest BCUT2D eigenvalue weighted by Crippen LogP contribution is 2.35. The molecule has 184 valence electrons. The van der Waals surface area contributed by atoms with Gasteiger partial charge in [-0.2, -0.15) is 4.98 Å². The Labute approximate surface area is 226 Å². The van der Waals surface area contributed by atoms with Gasteiger partial charge in [0, 0.05) is 22.6 Å². The summed E-state index contributed by atoms with van der Waals surface area (Å²) in [6, 6.07) is 38.1. The summed E-state index contributed by atoms with van der Waals surface area (Å²) in [6.45, 7) is 0. The van der Waals surface area contributed by atoms with Crippen molar-refractivity contribution < 1.29 is 0 Å². The van der Waals surface area contributed by atoms with Crippen LogP contribution in [0, 0.1) is 0 Å². The Hall–Kier alpha value is -5.14. The second kappa shape index (κ2) is 8.44. The lowest BCUT2D eigenvalue weighted by molar-refractivity contribution is 1.03. The number of hydrogen-bond acceptors (Lipinski definition) is 5. The molecule has 0 N–H and O–H groups in total. The van der Waals surface area contributed by atoms with Gasteiger partial charge >= 0.3 is 0 Å². The van der Waals surface area contributed by atoms with Crippen LogP contribution in [0.2, 0.25) is 0 Å². The third-order valence-electron chi connectivity index (χ3n) is 7.01. The number of aromatic nitrogens is 5. The maximum absolute atomic E-state index is 13.8. The average Bonchev–Trinajstić information content (AvgIpc) is 3.54. The second-order valence-corrected chi connectivity index (χ2v) is 10.3. The van der Waals surface area contributed by atoms with Gasteiger partial charge in [-0.15, -0.1) is 0 Å². The van der Waals surface area contributed by atoms with Gasteiger partial charge in [0.1, 0.15) is 11.3 Å². The molecule has 8 rings (SSSR count). The zero-order valence-electron chi connectivity index (χ0n) is 20.5. The maximum atomic E-state index is 13.8. The van der Waals surface area contributed by atoms with Crippen LogP contribution in [0.4, 0.5) is 0 Å². The molecule has 0 aliphatic heterocycles. The number of thiazole rings is 1. The van der Waals surface area contributed by atoms with Crippen LogP contribution in [0.5, 0.6) is 0 Å². The van der Waals surface area contributed by atoms with E-state index in [0.717, 1.165) is 43.5 Å². The molecular weight excluding hydrogens is 502 g/mol. The molecule has 6 nitrogen and oxygen atoms in total. The normalized spacial score (nSPS) is 11.7. The van der Waals surface area contributed by atoms with E-state index < -0.39 is 0 Å². The molecule has 0 spiro atoms. The molecule has 0 saturated heterocycles. The molecule has 0 aliphatic rings. The Morgan fingerprint density at radius 2 is 1.28 bits per heavy atom. The molecule has 4 heterocycles. The van der Waals surface area contributed by atoms with Gasteiger partial charge in [0.2, 0.25) is 0 Å². The van der Waals surface area contributed by atoms with Crippen LogP contribution in [-0.4, -0.2) is 23.9 Å². The van der Waals surface area contributed by atoms with Gasteiger partial charge in [0.25, 0.3) is 5.56 Å². The molecule has 0 unspecified atom stereocenters. The Balaban J connectivity index is 1.54. The maximum Gasteiger partial charge on any atom is 0.298 e. The first kappa shape index (κ1) is 21.9. The SMILES string of the molecule is O=c1nc2sc3ccccc3n2c2c3ccccc3n(-c3cc(-c4ccccc4)nc(-c4ccccc4)n3)c12. The molecule has 8 aromatic rings. The lowest BCUT2D eigenvalue weighted by atomic mass is 10.1. The van der Waals surface area contributed by atoms with Crippen LogP contribution in [0.1, 0.15) is 0 Å². The fourth-order valence-electron chi connectivity index (χ4n) is 5.31. The minimum absolute atomic E-state index is 0.283. The summed E-state index contributed by atoms with van der Waals surface area (Å²) >= 11 is 1.52. The van der Waals surface area contributed by atoms with Crippen molar-refractivity contribution in [2.45, 2.75) is 0 Å². The number of nitrogens with zero attached hydrogens (tertiary/aromatic N) is 5. The topological polar surface area (TPSA) is 65.1 Å². The van der Waals surface area contributed by atoms with Crippen LogP contribution in [0.15, 0.2) is 120 Å². The van der Waals surface area contributed by atoms with Gasteiger partial charge in [-0.3, -0.25) is 13.8 Å². The third-order valence-corrected chi connectivity index (χ3v) is 8.03. The molecule has 0 radical (unpaired) electrons. The molecule has 4 aromatic carbocycles. The molecule has 0 atom stereocenters. The molecule has 4 aromatic heterocycles. The highest BCUT2D eigenvalue weighted by atomic mass is 32.1. The summed E-state index contributed by atoms with van der Waals surface area (Å²) in [5, 5.41) is 0.965. The largest absolute Gasteiger partial charge is 0.298 e. The van der Waals surface area contributed by atoms with Crippen molar-refractivity contribution in [3.05, 3.63) is 126 Å². The summed E-state index contributed by atoms with van der Waals surface area (Å²) in [5.41, 5.74) is 5.61. The summed E-state index contributed by atoms with van der Waals surface area (Å²) in [4.78, 5) is 28.9. The standard InChI is InChI=1S/C32H19N5OS/c38-31-29-28(37-25-17-9-10-18-26(25)39-32(37)35-31)22-15-7-8-16-24(22)36(29)27-19-23(20-11-3-1-4-12-20)33-30(34-27)21-13-5-2-6-14-21/h1-19H. The molecule has 0 amide bonds. The lowest BCUT2D eigenvalue weighted by Crippen LogP contribution is -2.13. The lowest BCUT2D eigenvalue weighted by Gasteiger charge is -2.11.